The molecule has 51 heavy (non-hydrogen) atoms. The van der Waals surface area contributed by atoms with Crippen molar-refractivity contribution in [1.29, 1.82) is 0 Å². The zero-order chi connectivity index (χ0) is 37.9. The molecule has 1 amide bonds. The second-order valence-corrected chi connectivity index (χ2v) is 15.3. The Morgan fingerprint density at radius 1 is 0.588 bits per heavy atom. The molecule has 0 unspecified atom stereocenters. The third-order valence-corrected chi connectivity index (χ3v) is 8.09. The molecule has 286 valence electrons. The van der Waals surface area contributed by atoms with Crippen LogP contribution in [0.1, 0.15) is 160 Å². The predicted octanol–water partition coefficient (Wildman–Crippen LogP) is 8.42. The number of benzene rings is 1. The summed E-state index contributed by atoms with van der Waals surface area (Å²) in [5, 5.41) is 19.5. The van der Waals surface area contributed by atoms with Crippen molar-refractivity contribution in [2.24, 2.45) is 0 Å². The van der Waals surface area contributed by atoms with E-state index in [1.54, 1.807) is 49.9 Å². The van der Waals surface area contributed by atoms with Gasteiger partial charge in [0.15, 0.2) is 0 Å². The third-order valence-electron chi connectivity index (χ3n) is 8.09. The van der Waals surface area contributed by atoms with Gasteiger partial charge in [0.25, 0.3) is 0 Å². The largest absolute Gasteiger partial charge is 0.492 e. The first kappa shape index (κ1) is 43.1. The standard InChI is InChI=1S/C40H62N2O9/c1-39(2,3)49-36(46)21-19-17-15-13-11-9-7-8-10-12-14-16-18-20-33(43)41(29-28-37(47)50-40(4,5)6)30-31-22-24-32(25-23-31)38(48)51-42-34(44)26-27-35(42)45/h22-27,44-45H,7-21,28-30H2,1-6H3. The van der Waals surface area contributed by atoms with Crippen molar-refractivity contribution < 1.29 is 43.7 Å². The molecule has 2 aromatic rings. The molecule has 0 fully saturated rings. The average Bonchev–Trinajstić information content (AvgIpc) is 3.35. The summed E-state index contributed by atoms with van der Waals surface area (Å²) >= 11 is 0. The first-order valence-corrected chi connectivity index (χ1v) is 18.7. The molecule has 2 N–H and O–H groups in total. The van der Waals surface area contributed by atoms with Gasteiger partial charge in [-0.2, -0.15) is 0 Å². The van der Waals surface area contributed by atoms with Gasteiger partial charge in [0.05, 0.1) is 12.0 Å². The maximum absolute atomic E-state index is 13.3. The van der Waals surface area contributed by atoms with E-state index in [4.69, 9.17) is 14.3 Å². The molecular formula is C40H62N2O9. The van der Waals surface area contributed by atoms with Crippen LogP contribution in [0.25, 0.3) is 0 Å². The first-order chi connectivity index (χ1) is 24.0. The molecule has 1 aromatic carbocycles. The second kappa shape index (κ2) is 22.0. The Labute approximate surface area is 304 Å². The minimum absolute atomic E-state index is 0.0366. The number of ether oxygens (including phenoxy) is 2. The molecule has 0 spiro atoms. The lowest BCUT2D eigenvalue weighted by Crippen LogP contribution is -2.34. The Morgan fingerprint density at radius 3 is 1.45 bits per heavy atom. The van der Waals surface area contributed by atoms with Crippen LogP contribution in [0, 0.1) is 0 Å². The fraction of sp³-hybridized carbons (Fsp3) is 0.650. The van der Waals surface area contributed by atoms with E-state index in [-0.39, 0.29) is 42.9 Å². The number of esters is 2. The van der Waals surface area contributed by atoms with Crippen molar-refractivity contribution in [3.63, 3.8) is 0 Å². The molecule has 0 saturated carbocycles. The second-order valence-electron chi connectivity index (χ2n) is 15.3. The van der Waals surface area contributed by atoms with E-state index in [1.807, 2.05) is 20.8 Å². The molecule has 1 heterocycles. The van der Waals surface area contributed by atoms with E-state index in [0.717, 1.165) is 50.5 Å². The zero-order valence-electron chi connectivity index (χ0n) is 31.8. The van der Waals surface area contributed by atoms with Gasteiger partial charge in [-0.05, 0) is 72.1 Å². The van der Waals surface area contributed by atoms with E-state index in [9.17, 15) is 29.4 Å². The number of hydrogen-bond acceptors (Lipinski definition) is 9. The molecule has 11 nitrogen and oxygen atoms in total. The van der Waals surface area contributed by atoms with E-state index in [0.29, 0.717) is 17.6 Å². The molecule has 0 bridgehead atoms. The Bertz CT molecular complexity index is 1330. The lowest BCUT2D eigenvalue weighted by Gasteiger charge is -2.24. The molecule has 0 aliphatic carbocycles. The minimum atomic E-state index is -0.776. The van der Waals surface area contributed by atoms with Crippen LogP contribution in [0.4, 0.5) is 0 Å². The summed E-state index contributed by atoms with van der Waals surface area (Å²) in [6.45, 7) is 11.6. The number of hydrogen-bond donors (Lipinski definition) is 2. The number of aromatic nitrogens is 1. The van der Waals surface area contributed by atoms with Gasteiger partial charge in [0, 0.05) is 38.1 Å². The smallest absolute Gasteiger partial charge is 0.363 e. The number of unbranched alkanes of at least 4 members (excludes halogenated alkanes) is 12. The van der Waals surface area contributed by atoms with E-state index >= 15 is 0 Å². The molecule has 2 rings (SSSR count). The predicted molar refractivity (Wildman–Crippen MR) is 196 cm³/mol. The van der Waals surface area contributed by atoms with Crippen LogP contribution >= 0.6 is 0 Å². The van der Waals surface area contributed by atoms with E-state index < -0.39 is 28.9 Å². The zero-order valence-corrected chi connectivity index (χ0v) is 31.8. The maximum atomic E-state index is 13.3. The molecule has 0 atom stereocenters. The topological polar surface area (TPSA) is 145 Å². The van der Waals surface area contributed by atoms with Crippen molar-refractivity contribution in [2.75, 3.05) is 6.54 Å². The molecule has 0 aliphatic rings. The summed E-state index contributed by atoms with van der Waals surface area (Å²) in [6, 6.07) is 8.89. The van der Waals surface area contributed by atoms with Crippen LogP contribution in [-0.2, 0) is 30.4 Å². The normalized spacial score (nSPS) is 11.6. The van der Waals surface area contributed by atoms with Gasteiger partial charge < -0.3 is 29.4 Å². The summed E-state index contributed by atoms with van der Waals surface area (Å²) in [6.07, 6.45) is 15.4. The van der Waals surface area contributed by atoms with Crippen LogP contribution in [0.2, 0.25) is 0 Å². The van der Waals surface area contributed by atoms with Gasteiger partial charge >= 0.3 is 17.9 Å². The summed E-state index contributed by atoms with van der Waals surface area (Å²) in [4.78, 5) is 56.7. The summed E-state index contributed by atoms with van der Waals surface area (Å²) in [5.41, 5.74) is -0.0547. The molecule has 1 aromatic heterocycles. The van der Waals surface area contributed by atoms with Crippen LogP contribution in [-0.4, -0.2) is 61.4 Å². The summed E-state index contributed by atoms with van der Waals surface area (Å²) in [7, 11) is 0. The summed E-state index contributed by atoms with van der Waals surface area (Å²) in [5.74, 6) is -2.12. The van der Waals surface area contributed by atoms with Crippen molar-refractivity contribution in [3.8, 4) is 11.8 Å². The highest BCUT2D eigenvalue weighted by molar-refractivity contribution is 5.89. The van der Waals surface area contributed by atoms with Gasteiger partial charge in [0.1, 0.15) is 11.2 Å². The Hall–Kier alpha value is -4.02. The van der Waals surface area contributed by atoms with Gasteiger partial charge in [0.2, 0.25) is 17.7 Å². The lowest BCUT2D eigenvalue weighted by atomic mass is 10.0. The molecule has 0 saturated heterocycles. The fourth-order valence-electron chi connectivity index (χ4n) is 5.55. The number of carbonyl (C=O) groups excluding carboxylic acids is 4. The van der Waals surface area contributed by atoms with Crippen LogP contribution in [0.5, 0.6) is 11.8 Å². The van der Waals surface area contributed by atoms with Crippen molar-refractivity contribution >= 4 is 23.8 Å². The maximum Gasteiger partial charge on any atom is 0.363 e. The molecule has 0 aliphatic heterocycles. The van der Waals surface area contributed by atoms with E-state index in [2.05, 4.69) is 0 Å². The van der Waals surface area contributed by atoms with Crippen molar-refractivity contribution in [2.45, 2.75) is 162 Å². The Balaban J connectivity index is 1.69. The monoisotopic (exact) mass is 714 g/mol. The quantitative estimate of drug-likeness (QED) is 0.0856. The third kappa shape index (κ3) is 19.2. The van der Waals surface area contributed by atoms with Gasteiger partial charge in [-0.3, -0.25) is 14.4 Å². The molecule has 0 radical (unpaired) electrons. The van der Waals surface area contributed by atoms with Crippen LogP contribution in [0.15, 0.2) is 36.4 Å². The van der Waals surface area contributed by atoms with Gasteiger partial charge in [-0.1, -0.05) is 82.8 Å². The van der Waals surface area contributed by atoms with Crippen molar-refractivity contribution in [1.82, 2.24) is 9.63 Å². The number of rotatable bonds is 23. The fourth-order valence-corrected chi connectivity index (χ4v) is 5.55. The number of aromatic hydroxyl groups is 2. The number of nitrogens with zero attached hydrogens (tertiary/aromatic N) is 2. The van der Waals surface area contributed by atoms with Crippen molar-refractivity contribution in [3.05, 3.63) is 47.5 Å². The first-order valence-electron chi connectivity index (χ1n) is 18.7. The highest BCUT2D eigenvalue weighted by atomic mass is 16.7. The van der Waals surface area contributed by atoms with Gasteiger partial charge in [-0.25, -0.2) is 4.79 Å². The SMILES string of the molecule is CC(C)(C)OC(=O)CCCCCCCCCCCCCCCC(=O)N(CCC(=O)OC(C)(C)C)Cc1ccc(C(=O)On2c(O)ccc2O)cc1. The summed E-state index contributed by atoms with van der Waals surface area (Å²) < 4.78 is 11.4. The number of amides is 1. The van der Waals surface area contributed by atoms with Crippen LogP contribution < -0.4 is 4.84 Å². The average molecular weight is 715 g/mol. The van der Waals surface area contributed by atoms with Crippen LogP contribution in [0.3, 0.4) is 0 Å². The Morgan fingerprint density at radius 2 is 1.00 bits per heavy atom. The highest BCUT2D eigenvalue weighted by Gasteiger charge is 2.21. The molecule has 11 heteroatoms. The minimum Gasteiger partial charge on any atom is -0.492 e. The Kier molecular flexibility index (Phi) is 18.6. The number of carbonyl (C=O) groups is 4. The van der Waals surface area contributed by atoms with E-state index in [1.165, 1.54) is 50.7 Å². The highest BCUT2D eigenvalue weighted by Crippen LogP contribution is 2.20. The lowest BCUT2D eigenvalue weighted by molar-refractivity contribution is -0.156. The van der Waals surface area contributed by atoms with Gasteiger partial charge in [-0.15, -0.1) is 4.73 Å². The molecular weight excluding hydrogens is 652 g/mol.